The van der Waals surface area contributed by atoms with Gasteiger partial charge in [-0.25, -0.2) is 4.79 Å². The summed E-state index contributed by atoms with van der Waals surface area (Å²) < 4.78 is 0.399. The monoisotopic (exact) mass is 296 g/mol. The number of hydrogen-bond donors (Lipinski definition) is 1. The van der Waals surface area contributed by atoms with E-state index in [1.54, 1.807) is 12.1 Å². The summed E-state index contributed by atoms with van der Waals surface area (Å²) in [5.74, 6) is 0.532. The molecule has 1 N–H and O–H groups in total. The van der Waals surface area contributed by atoms with Crippen molar-refractivity contribution >= 4 is 29.5 Å². The summed E-state index contributed by atoms with van der Waals surface area (Å²) in [6, 6.07) is 8.58. The van der Waals surface area contributed by atoms with Gasteiger partial charge in [0, 0.05) is 21.7 Å². The van der Waals surface area contributed by atoms with E-state index < -0.39 is 11.7 Å². The van der Waals surface area contributed by atoms with Crippen LogP contribution in [0.1, 0.15) is 5.56 Å². The number of carboxylic acid groups (broad SMARTS) is 1. The van der Waals surface area contributed by atoms with Gasteiger partial charge in [-0.15, -0.1) is 16.4 Å². The lowest BCUT2D eigenvalue weighted by atomic mass is 10.3. The van der Waals surface area contributed by atoms with Gasteiger partial charge < -0.3 is 5.11 Å². The van der Waals surface area contributed by atoms with Crippen molar-refractivity contribution < 1.29 is 9.90 Å². The zero-order chi connectivity index (χ0) is 13.8. The van der Waals surface area contributed by atoms with Gasteiger partial charge in [0.2, 0.25) is 0 Å². The maximum atomic E-state index is 11.4. The second-order valence-corrected chi connectivity index (χ2v) is 5.12. The molecule has 0 amide bonds. The van der Waals surface area contributed by atoms with Crippen molar-refractivity contribution in [2.75, 3.05) is 0 Å². The number of halogens is 1. The molecule has 0 aliphatic carbocycles. The molecule has 5 nitrogen and oxygen atoms in total. The molecule has 0 saturated heterocycles. The molecule has 2 rings (SSSR count). The summed E-state index contributed by atoms with van der Waals surface area (Å²) in [5, 5.41) is 12.9. The molecule has 1 heterocycles. The Kier molecular flexibility index (Phi) is 4.24. The van der Waals surface area contributed by atoms with Crippen LogP contribution in [0.5, 0.6) is 0 Å². The summed E-state index contributed by atoms with van der Waals surface area (Å²) in [4.78, 5) is 23.1. The number of thioether (sulfide) groups is 1. The Hall–Kier alpha value is -1.79. The van der Waals surface area contributed by atoms with Gasteiger partial charge in [0.1, 0.15) is 0 Å². The molecule has 0 spiro atoms. The first kappa shape index (κ1) is 13.6. The number of hydrogen-bond acceptors (Lipinski definition) is 4. The van der Waals surface area contributed by atoms with Crippen molar-refractivity contribution in [1.82, 2.24) is 9.78 Å². The van der Waals surface area contributed by atoms with E-state index in [9.17, 15) is 9.59 Å². The first-order chi connectivity index (χ1) is 9.06. The third-order valence-corrected chi connectivity index (χ3v) is 3.59. The van der Waals surface area contributed by atoms with Crippen molar-refractivity contribution in [1.29, 1.82) is 0 Å². The van der Waals surface area contributed by atoms with Crippen LogP contribution in [0.3, 0.4) is 0 Å². The lowest BCUT2D eigenvalue weighted by Gasteiger charge is -2.02. The van der Waals surface area contributed by atoms with Gasteiger partial charge in [-0.2, -0.15) is 5.10 Å². The molecular formula is C12H9ClN2O3S. The average Bonchev–Trinajstić information content (AvgIpc) is 2.37. The van der Waals surface area contributed by atoms with E-state index in [1.807, 2.05) is 12.1 Å². The fourth-order valence-corrected chi connectivity index (χ4v) is 2.31. The molecule has 0 aliphatic heterocycles. The van der Waals surface area contributed by atoms with Crippen LogP contribution in [0, 0.1) is 0 Å². The second-order valence-electron chi connectivity index (χ2n) is 3.64. The Morgan fingerprint density at radius 2 is 2.05 bits per heavy atom. The van der Waals surface area contributed by atoms with E-state index in [1.165, 1.54) is 24.0 Å². The third kappa shape index (κ3) is 3.59. The second kappa shape index (κ2) is 5.90. The van der Waals surface area contributed by atoms with Gasteiger partial charge in [0.05, 0.1) is 6.20 Å². The van der Waals surface area contributed by atoms with Gasteiger partial charge >= 0.3 is 6.09 Å². The predicted octanol–water partition coefficient (Wildman–Crippen LogP) is 2.72. The Bertz CT molecular complexity index is 655. The fraction of sp³-hybridized carbons (Fsp3) is 0.0833. The molecule has 0 aliphatic rings. The van der Waals surface area contributed by atoms with Crippen LogP contribution < -0.4 is 5.56 Å². The zero-order valence-electron chi connectivity index (χ0n) is 9.62. The lowest BCUT2D eigenvalue weighted by Crippen LogP contribution is -2.27. The van der Waals surface area contributed by atoms with Crippen LogP contribution >= 0.6 is 23.4 Å². The van der Waals surface area contributed by atoms with Crippen molar-refractivity contribution in [3.63, 3.8) is 0 Å². The van der Waals surface area contributed by atoms with E-state index in [4.69, 9.17) is 16.7 Å². The molecule has 0 fully saturated rings. The standard InChI is InChI=1S/C12H9ClN2O3S/c13-9-1-3-10(4-2-9)19-7-8-5-11(16)15(12(17)18)14-6-8/h1-6H,7H2,(H,17,18). The smallest absolute Gasteiger partial charge is 0.435 e. The minimum Gasteiger partial charge on any atom is -0.463 e. The number of rotatable bonds is 3. The molecule has 0 atom stereocenters. The highest BCUT2D eigenvalue weighted by Crippen LogP contribution is 2.23. The molecular weight excluding hydrogens is 288 g/mol. The molecule has 0 saturated carbocycles. The van der Waals surface area contributed by atoms with Crippen LogP contribution in [-0.2, 0) is 5.75 Å². The normalized spacial score (nSPS) is 10.4. The van der Waals surface area contributed by atoms with Crippen LogP contribution in [0.15, 0.2) is 46.2 Å². The highest BCUT2D eigenvalue weighted by Gasteiger charge is 2.06. The van der Waals surface area contributed by atoms with Crippen LogP contribution in [0.2, 0.25) is 5.02 Å². The summed E-state index contributed by atoms with van der Waals surface area (Å²) in [6.07, 6.45) is -0.0137. The van der Waals surface area contributed by atoms with E-state index in [-0.39, 0.29) is 0 Å². The van der Waals surface area contributed by atoms with Crippen molar-refractivity contribution in [3.05, 3.63) is 57.5 Å². The summed E-state index contributed by atoms with van der Waals surface area (Å²) in [6.45, 7) is 0. The van der Waals surface area contributed by atoms with Crippen LogP contribution in [0.25, 0.3) is 0 Å². The highest BCUT2D eigenvalue weighted by atomic mass is 35.5. The molecule has 98 valence electrons. The fourth-order valence-electron chi connectivity index (χ4n) is 1.37. The molecule has 1 aromatic heterocycles. The van der Waals surface area contributed by atoms with E-state index in [2.05, 4.69) is 5.10 Å². The first-order valence-electron chi connectivity index (χ1n) is 5.26. The van der Waals surface area contributed by atoms with E-state index in [0.29, 0.717) is 21.0 Å². The largest absolute Gasteiger partial charge is 0.463 e. The number of nitrogens with zero attached hydrogens (tertiary/aromatic N) is 2. The Morgan fingerprint density at radius 3 is 2.63 bits per heavy atom. The van der Waals surface area contributed by atoms with Gasteiger partial charge in [0.15, 0.2) is 0 Å². The zero-order valence-corrected chi connectivity index (χ0v) is 11.2. The number of carbonyl (C=O) groups is 1. The third-order valence-electron chi connectivity index (χ3n) is 2.26. The first-order valence-corrected chi connectivity index (χ1v) is 6.62. The lowest BCUT2D eigenvalue weighted by molar-refractivity contribution is 0.191. The minimum absolute atomic E-state index is 0.399. The molecule has 19 heavy (non-hydrogen) atoms. The topological polar surface area (TPSA) is 72.2 Å². The van der Waals surface area contributed by atoms with E-state index >= 15 is 0 Å². The van der Waals surface area contributed by atoms with Gasteiger partial charge in [0.25, 0.3) is 5.56 Å². The molecule has 7 heteroatoms. The maximum Gasteiger partial charge on any atom is 0.435 e. The van der Waals surface area contributed by atoms with Crippen LogP contribution in [-0.4, -0.2) is 21.0 Å². The molecule has 0 radical (unpaired) electrons. The number of aromatic nitrogens is 2. The van der Waals surface area contributed by atoms with Crippen LogP contribution in [0.4, 0.5) is 4.79 Å². The van der Waals surface area contributed by atoms with Gasteiger partial charge in [-0.3, -0.25) is 4.79 Å². The molecule has 2 aromatic rings. The Balaban J connectivity index is 2.08. The Labute approximate surface area is 117 Å². The minimum atomic E-state index is -1.39. The molecule has 0 bridgehead atoms. The maximum absolute atomic E-state index is 11.4. The molecule has 0 unspecified atom stereocenters. The Morgan fingerprint density at radius 1 is 1.37 bits per heavy atom. The van der Waals surface area contributed by atoms with E-state index in [0.717, 1.165) is 4.90 Å². The summed E-state index contributed by atoms with van der Waals surface area (Å²) >= 11 is 7.29. The quantitative estimate of drug-likeness (QED) is 0.882. The summed E-state index contributed by atoms with van der Waals surface area (Å²) in [7, 11) is 0. The molecule has 1 aromatic carbocycles. The van der Waals surface area contributed by atoms with Crippen molar-refractivity contribution in [2.24, 2.45) is 0 Å². The number of benzene rings is 1. The average molecular weight is 297 g/mol. The van der Waals surface area contributed by atoms with Crippen molar-refractivity contribution in [2.45, 2.75) is 10.6 Å². The summed E-state index contributed by atoms with van der Waals surface area (Å²) in [5.41, 5.74) is 0.0177. The van der Waals surface area contributed by atoms with Crippen molar-refractivity contribution in [3.8, 4) is 0 Å². The van der Waals surface area contributed by atoms with Gasteiger partial charge in [-0.1, -0.05) is 11.6 Å². The predicted molar refractivity (Wildman–Crippen MR) is 72.9 cm³/mol. The van der Waals surface area contributed by atoms with Gasteiger partial charge in [-0.05, 0) is 29.8 Å². The SMILES string of the molecule is O=C(O)n1ncc(CSc2ccc(Cl)cc2)cc1=O. The highest BCUT2D eigenvalue weighted by molar-refractivity contribution is 7.98.